The predicted octanol–water partition coefficient (Wildman–Crippen LogP) is 4.47. The number of nitrogens with zero attached hydrogens (tertiary/aromatic N) is 2. The Hall–Kier alpha value is -3.23. The smallest absolute Gasteiger partial charge is 0.270 e. The molecule has 0 aliphatic carbocycles. The molecule has 2 amide bonds. The van der Waals surface area contributed by atoms with Crippen molar-refractivity contribution in [3.8, 4) is 11.4 Å². The molecule has 0 unspecified atom stereocenters. The van der Waals surface area contributed by atoms with Crippen molar-refractivity contribution < 1.29 is 14.3 Å². The standard InChI is InChI=1S/C23H18BrN3O3S/c1-2-30-19-7-3-5-18(13-19)27-22(29)20(21(28)25-23(27)31)14-17-6-4-12-26(17)16-10-8-15(24)9-11-16/h3-14H,2H2,1H3,(H,25,28,31)/b20-14+. The lowest BCUT2D eigenvalue weighted by atomic mass is 10.1. The lowest BCUT2D eigenvalue weighted by molar-refractivity contribution is -0.122. The van der Waals surface area contributed by atoms with Crippen LogP contribution < -0.4 is 15.0 Å². The van der Waals surface area contributed by atoms with Crippen LogP contribution in [0.15, 0.2) is 76.9 Å². The van der Waals surface area contributed by atoms with E-state index in [1.54, 1.807) is 30.3 Å². The fraction of sp³-hybridized carbons (Fsp3) is 0.0870. The number of thiocarbonyl (C=S) groups is 1. The van der Waals surface area contributed by atoms with E-state index >= 15 is 0 Å². The van der Waals surface area contributed by atoms with Gasteiger partial charge in [0.15, 0.2) is 5.11 Å². The Morgan fingerprint density at radius 3 is 2.58 bits per heavy atom. The summed E-state index contributed by atoms with van der Waals surface area (Å²) in [4.78, 5) is 27.2. The van der Waals surface area contributed by atoms with E-state index in [1.807, 2.05) is 54.1 Å². The Morgan fingerprint density at radius 2 is 1.84 bits per heavy atom. The SMILES string of the molecule is CCOc1cccc(N2C(=O)/C(=C/c3cccn3-c3ccc(Br)cc3)C(=O)NC2=S)c1. The van der Waals surface area contributed by atoms with E-state index in [-0.39, 0.29) is 10.7 Å². The fourth-order valence-corrected chi connectivity index (χ4v) is 3.81. The molecular formula is C23H18BrN3O3S. The Kier molecular flexibility index (Phi) is 6.01. The number of nitrogens with one attached hydrogen (secondary N) is 1. The third-order valence-corrected chi connectivity index (χ3v) is 5.48. The van der Waals surface area contributed by atoms with Crippen molar-refractivity contribution in [2.24, 2.45) is 0 Å². The van der Waals surface area contributed by atoms with Gasteiger partial charge in [-0.25, -0.2) is 0 Å². The number of hydrogen-bond donors (Lipinski definition) is 1. The fourth-order valence-electron chi connectivity index (χ4n) is 3.27. The highest BCUT2D eigenvalue weighted by Gasteiger charge is 2.34. The number of aromatic nitrogens is 1. The molecule has 2 heterocycles. The van der Waals surface area contributed by atoms with Crippen LogP contribution in [-0.2, 0) is 9.59 Å². The molecule has 31 heavy (non-hydrogen) atoms. The monoisotopic (exact) mass is 495 g/mol. The zero-order chi connectivity index (χ0) is 22.0. The molecule has 1 aromatic heterocycles. The van der Waals surface area contributed by atoms with E-state index in [0.717, 1.165) is 10.2 Å². The third kappa shape index (κ3) is 4.30. The van der Waals surface area contributed by atoms with Crippen LogP contribution in [0, 0.1) is 0 Å². The first-order valence-electron chi connectivity index (χ1n) is 9.55. The molecule has 156 valence electrons. The third-order valence-electron chi connectivity index (χ3n) is 4.67. The number of halogens is 1. The van der Waals surface area contributed by atoms with E-state index in [2.05, 4.69) is 21.2 Å². The van der Waals surface area contributed by atoms with Crippen LogP contribution >= 0.6 is 28.1 Å². The van der Waals surface area contributed by atoms with E-state index in [4.69, 9.17) is 17.0 Å². The van der Waals surface area contributed by atoms with Gasteiger partial charge in [0.2, 0.25) is 0 Å². The maximum Gasteiger partial charge on any atom is 0.270 e. The number of amides is 2. The summed E-state index contributed by atoms with van der Waals surface area (Å²) in [7, 11) is 0. The van der Waals surface area contributed by atoms with E-state index < -0.39 is 11.8 Å². The summed E-state index contributed by atoms with van der Waals surface area (Å²) < 4.78 is 8.38. The normalized spacial score (nSPS) is 15.4. The molecule has 4 rings (SSSR count). The van der Waals surface area contributed by atoms with Crippen LogP contribution in [0.25, 0.3) is 11.8 Å². The molecule has 1 saturated heterocycles. The summed E-state index contributed by atoms with van der Waals surface area (Å²) in [5.74, 6) is -0.413. The van der Waals surface area contributed by atoms with Gasteiger partial charge in [-0.05, 0) is 73.7 Å². The van der Waals surface area contributed by atoms with Gasteiger partial charge in [-0.1, -0.05) is 22.0 Å². The van der Waals surface area contributed by atoms with Crippen molar-refractivity contribution in [3.63, 3.8) is 0 Å². The van der Waals surface area contributed by atoms with Crippen molar-refractivity contribution >= 4 is 56.8 Å². The zero-order valence-electron chi connectivity index (χ0n) is 16.5. The average Bonchev–Trinajstić information content (AvgIpc) is 3.20. The number of carbonyl (C=O) groups is 2. The molecule has 1 fully saturated rings. The Bertz CT molecular complexity index is 1200. The second-order valence-electron chi connectivity index (χ2n) is 6.67. The summed E-state index contributed by atoms with van der Waals surface area (Å²) in [5.41, 5.74) is 2.11. The Labute approximate surface area is 193 Å². The largest absolute Gasteiger partial charge is 0.494 e. The van der Waals surface area contributed by atoms with Gasteiger partial charge >= 0.3 is 0 Å². The molecule has 0 spiro atoms. The number of rotatable bonds is 5. The van der Waals surface area contributed by atoms with Gasteiger partial charge < -0.3 is 9.30 Å². The van der Waals surface area contributed by atoms with Gasteiger partial charge in [0.1, 0.15) is 11.3 Å². The summed E-state index contributed by atoms with van der Waals surface area (Å²) in [6.45, 7) is 2.38. The number of anilines is 1. The topological polar surface area (TPSA) is 63.6 Å². The van der Waals surface area contributed by atoms with Crippen LogP contribution in [0.3, 0.4) is 0 Å². The van der Waals surface area contributed by atoms with Crippen molar-refractivity contribution in [1.29, 1.82) is 0 Å². The second-order valence-corrected chi connectivity index (χ2v) is 7.97. The Balaban J connectivity index is 1.72. The quantitative estimate of drug-likeness (QED) is 0.322. The lowest BCUT2D eigenvalue weighted by Gasteiger charge is -2.29. The minimum Gasteiger partial charge on any atom is -0.494 e. The van der Waals surface area contributed by atoms with Crippen LogP contribution in [0.4, 0.5) is 5.69 Å². The number of benzene rings is 2. The molecule has 1 aliphatic heterocycles. The summed E-state index contributed by atoms with van der Waals surface area (Å²) in [5, 5.41) is 2.64. The van der Waals surface area contributed by atoms with Crippen molar-refractivity contribution in [3.05, 3.63) is 82.6 Å². The number of hydrogen-bond acceptors (Lipinski definition) is 4. The molecule has 2 aromatic carbocycles. The maximum atomic E-state index is 13.3. The molecule has 0 radical (unpaired) electrons. The molecule has 1 N–H and O–H groups in total. The molecule has 1 aliphatic rings. The molecule has 0 saturated carbocycles. The highest BCUT2D eigenvalue weighted by molar-refractivity contribution is 9.10. The summed E-state index contributed by atoms with van der Waals surface area (Å²) in [6.07, 6.45) is 3.44. The van der Waals surface area contributed by atoms with Crippen LogP contribution in [0.1, 0.15) is 12.6 Å². The molecule has 6 nitrogen and oxygen atoms in total. The number of ether oxygens (including phenoxy) is 1. The molecule has 3 aromatic rings. The van der Waals surface area contributed by atoms with Crippen molar-refractivity contribution in [2.75, 3.05) is 11.5 Å². The minimum absolute atomic E-state index is 0.00697. The van der Waals surface area contributed by atoms with Gasteiger partial charge in [-0.2, -0.15) is 0 Å². The predicted molar refractivity (Wildman–Crippen MR) is 127 cm³/mol. The second kappa shape index (κ2) is 8.87. The minimum atomic E-state index is -0.532. The van der Waals surface area contributed by atoms with Crippen LogP contribution in [0.2, 0.25) is 0 Å². The molecule has 0 atom stereocenters. The summed E-state index contributed by atoms with van der Waals surface area (Å²) in [6, 6.07) is 18.5. The average molecular weight is 496 g/mol. The highest BCUT2D eigenvalue weighted by atomic mass is 79.9. The Morgan fingerprint density at radius 1 is 1.06 bits per heavy atom. The van der Waals surface area contributed by atoms with Crippen LogP contribution in [-0.4, -0.2) is 28.1 Å². The van der Waals surface area contributed by atoms with E-state index in [1.165, 1.54) is 4.90 Å². The van der Waals surface area contributed by atoms with Gasteiger partial charge in [0, 0.05) is 28.1 Å². The van der Waals surface area contributed by atoms with Gasteiger partial charge in [0.05, 0.1) is 12.3 Å². The first-order chi connectivity index (χ1) is 15.0. The molecule has 8 heteroatoms. The van der Waals surface area contributed by atoms with Gasteiger partial charge in [0.25, 0.3) is 11.8 Å². The maximum absolute atomic E-state index is 13.3. The molecular weight excluding hydrogens is 478 g/mol. The van der Waals surface area contributed by atoms with E-state index in [9.17, 15) is 9.59 Å². The zero-order valence-corrected chi connectivity index (χ0v) is 18.9. The number of carbonyl (C=O) groups excluding carboxylic acids is 2. The first kappa shape index (κ1) is 21.0. The summed E-state index contributed by atoms with van der Waals surface area (Å²) >= 11 is 8.71. The van der Waals surface area contributed by atoms with Gasteiger partial charge in [-0.15, -0.1) is 0 Å². The van der Waals surface area contributed by atoms with Crippen molar-refractivity contribution in [1.82, 2.24) is 9.88 Å². The lowest BCUT2D eigenvalue weighted by Crippen LogP contribution is -2.54. The van der Waals surface area contributed by atoms with E-state index in [0.29, 0.717) is 23.7 Å². The highest BCUT2D eigenvalue weighted by Crippen LogP contribution is 2.26. The van der Waals surface area contributed by atoms with Crippen LogP contribution in [0.5, 0.6) is 5.75 Å². The van der Waals surface area contributed by atoms with Crippen molar-refractivity contribution in [2.45, 2.75) is 6.92 Å². The molecule has 0 bridgehead atoms. The van der Waals surface area contributed by atoms with Gasteiger partial charge in [-0.3, -0.25) is 19.8 Å². The first-order valence-corrected chi connectivity index (χ1v) is 10.8.